The Hall–Kier alpha value is -0.770. The molecule has 3 nitrogen and oxygen atoms in total. The third-order valence-electron chi connectivity index (χ3n) is 3.38. The fraction of sp³-hybridized carbons (Fsp3) is 0.500. The largest absolute Gasteiger partial charge is 0.338 e. The summed E-state index contributed by atoms with van der Waals surface area (Å²) in [5, 5.41) is 3.84. The van der Waals surface area contributed by atoms with Gasteiger partial charge in [-0.1, -0.05) is 23.7 Å². The predicted octanol–water partition coefficient (Wildman–Crippen LogP) is 2.51. The van der Waals surface area contributed by atoms with E-state index in [9.17, 15) is 4.79 Å². The smallest absolute Gasteiger partial charge is 0.227 e. The molecule has 1 unspecified atom stereocenters. The van der Waals surface area contributed by atoms with E-state index in [4.69, 9.17) is 11.6 Å². The Morgan fingerprint density at radius 1 is 1.53 bits per heavy atom. The number of likely N-dealkylation sites (N-methyl/N-ethyl adjacent to an activating group) is 1. The lowest BCUT2D eigenvalue weighted by Gasteiger charge is -2.24. The molecule has 0 radical (unpaired) electrons. The number of hydrogen-bond acceptors (Lipinski definition) is 2. The van der Waals surface area contributed by atoms with E-state index in [1.54, 1.807) is 0 Å². The van der Waals surface area contributed by atoms with E-state index in [1.165, 1.54) is 0 Å². The van der Waals surface area contributed by atoms with Gasteiger partial charge in [-0.2, -0.15) is 0 Å². The number of carbonyl (C=O) groups is 1. The normalized spacial score (nSPS) is 18.2. The standard InChI is InChI=1S/C14H19ClN2O.ClH/c1-16-10-13-6-3-7-17(13)14(18)9-11-4-2-5-12(15)8-11;/h2,4-5,8,13,16H,3,6-7,9-10H2,1H3;1H. The van der Waals surface area contributed by atoms with Crippen LogP contribution in [0.5, 0.6) is 0 Å². The summed E-state index contributed by atoms with van der Waals surface area (Å²) in [5.74, 6) is 0.204. The molecule has 0 saturated carbocycles. The highest BCUT2D eigenvalue weighted by atomic mass is 35.5. The molecule has 1 aliphatic heterocycles. The first-order valence-electron chi connectivity index (χ1n) is 6.39. The summed E-state index contributed by atoms with van der Waals surface area (Å²) < 4.78 is 0. The summed E-state index contributed by atoms with van der Waals surface area (Å²) in [5.41, 5.74) is 0.989. The van der Waals surface area contributed by atoms with Gasteiger partial charge in [-0.05, 0) is 37.6 Å². The van der Waals surface area contributed by atoms with Gasteiger partial charge in [0.25, 0.3) is 0 Å². The number of hydrogen-bond donors (Lipinski definition) is 1. The van der Waals surface area contributed by atoms with Crippen LogP contribution < -0.4 is 5.32 Å². The van der Waals surface area contributed by atoms with Gasteiger partial charge in [-0.3, -0.25) is 4.79 Å². The van der Waals surface area contributed by atoms with Crippen molar-refractivity contribution in [1.29, 1.82) is 0 Å². The number of amides is 1. The highest BCUT2D eigenvalue weighted by Crippen LogP contribution is 2.19. The number of halogens is 2. The summed E-state index contributed by atoms with van der Waals surface area (Å²) in [6, 6.07) is 7.88. The summed E-state index contributed by atoms with van der Waals surface area (Å²) in [6.07, 6.45) is 2.65. The molecule has 1 aliphatic rings. The van der Waals surface area contributed by atoms with E-state index in [0.717, 1.165) is 31.5 Å². The summed E-state index contributed by atoms with van der Waals surface area (Å²) in [4.78, 5) is 14.3. The summed E-state index contributed by atoms with van der Waals surface area (Å²) >= 11 is 5.93. The van der Waals surface area contributed by atoms with Crippen LogP contribution in [0.3, 0.4) is 0 Å². The molecule has 1 saturated heterocycles. The van der Waals surface area contributed by atoms with E-state index in [-0.39, 0.29) is 18.3 Å². The van der Waals surface area contributed by atoms with Crippen molar-refractivity contribution in [3.05, 3.63) is 34.9 Å². The zero-order chi connectivity index (χ0) is 13.0. The van der Waals surface area contributed by atoms with E-state index >= 15 is 0 Å². The second-order valence-electron chi connectivity index (χ2n) is 4.75. The van der Waals surface area contributed by atoms with Gasteiger partial charge in [0.2, 0.25) is 5.91 Å². The van der Waals surface area contributed by atoms with Gasteiger partial charge in [0.1, 0.15) is 0 Å². The maximum Gasteiger partial charge on any atom is 0.227 e. The molecule has 2 rings (SSSR count). The molecule has 1 aromatic rings. The van der Waals surface area contributed by atoms with Crippen molar-refractivity contribution in [3.8, 4) is 0 Å². The van der Waals surface area contributed by atoms with E-state index in [0.29, 0.717) is 17.5 Å². The maximum absolute atomic E-state index is 12.3. The van der Waals surface area contributed by atoms with E-state index < -0.39 is 0 Å². The van der Waals surface area contributed by atoms with Crippen LogP contribution in [0.15, 0.2) is 24.3 Å². The number of carbonyl (C=O) groups excluding carboxylic acids is 1. The molecule has 106 valence electrons. The highest BCUT2D eigenvalue weighted by Gasteiger charge is 2.27. The molecule has 0 spiro atoms. The van der Waals surface area contributed by atoms with Crippen molar-refractivity contribution in [2.24, 2.45) is 0 Å². The SMILES string of the molecule is CNCC1CCCN1C(=O)Cc1cccc(Cl)c1.Cl. The van der Waals surface area contributed by atoms with Gasteiger partial charge in [0.15, 0.2) is 0 Å². The van der Waals surface area contributed by atoms with E-state index in [2.05, 4.69) is 5.32 Å². The molecule has 1 fully saturated rings. The van der Waals surface area contributed by atoms with Crippen LogP contribution in [0, 0.1) is 0 Å². The minimum atomic E-state index is 0. The quantitative estimate of drug-likeness (QED) is 0.927. The van der Waals surface area contributed by atoms with Crippen LogP contribution in [-0.4, -0.2) is 37.0 Å². The first kappa shape index (κ1) is 16.3. The van der Waals surface area contributed by atoms with Crippen molar-refractivity contribution in [2.45, 2.75) is 25.3 Å². The maximum atomic E-state index is 12.3. The minimum Gasteiger partial charge on any atom is -0.338 e. The van der Waals surface area contributed by atoms with Crippen LogP contribution >= 0.6 is 24.0 Å². The molecule has 1 N–H and O–H groups in total. The van der Waals surface area contributed by atoms with Crippen molar-refractivity contribution in [1.82, 2.24) is 10.2 Å². The first-order valence-corrected chi connectivity index (χ1v) is 6.77. The minimum absolute atomic E-state index is 0. The Balaban J connectivity index is 0.00000180. The molecular weight excluding hydrogens is 283 g/mol. The fourth-order valence-electron chi connectivity index (χ4n) is 2.53. The molecule has 0 aromatic heterocycles. The monoisotopic (exact) mass is 302 g/mol. The van der Waals surface area contributed by atoms with Crippen molar-refractivity contribution in [2.75, 3.05) is 20.1 Å². The average Bonchev–Trinajstić information content (AvgIpc) is 2.78. The predicted molar refractivity (Wildman–Crippen MR) is 81.1 cm³/mol. The number of rotatable bonds is 4. The second kappa shape index (κ2) is 7.73. The Kier molecular flexibility index (Phi) is 6.63. The number of likely N-dealkylation sites (tertiary alicyclic amines) is 1. The molecular formula is C14H20Cl2N2O. The lowest BCUT2D eigenvalue weighted by Crippen LogP contribution is -2.41. The number of nitrogens with one attached hydrogen (secondary N) is 1. The highest BCUT2D eigenvalue weighted by molar-refractivity contribution is 6.30. The number of benzene rings is 1. The van der Waals surface area contributed by atoms with Gasteiger partial charge >= 0.3 is 0 Å². The summed E-state index contributed by atoms with van der Waals surface area (Å²) in [6.45, 7) is 1.76. The average molecular weight is 303 g/mol. The Morgan fingerprint density at radius 2 is 2.32 bits per heavy atom. The first-order chi connectivity index (χ1) is 8.70. The van der Waals surface area contributed by atoms with Gasteiger partial charge in [-0.15, -0.1) is 12.4 Å². The fourth-order valence-corrected chi connectivity index (χ4v) is 2.75. The topological polar surface area (TPSA) is 32.3 Å². The zero-order valence-corrected chi connectivity index (χ0v) is 12.6. The van der Waals surface area contributed by atoms with Crippen LogP contribution in [0.1, 0.15) is 18.4 Å². The van der Waals surface area contributed by atoms with Crippen molar-refractivity contribution >= 4 is 29.9 Å². The second-order valence-corrected chi connectivity index (χ2v) is 5.18. The van der Waals surface area contributed by atoms with Crippen molar-refractivity contribution < 1.29 is 4.79 Å². The Bertz CT molecular complexity index is 426. The molecule has 0 bridgehead atoms. The number of nitrogens with zero attached hydrogens (tertiary/aromatic N) is 1. The van der Waals surface area contributed by atoms with E-state index in [1.807, 2.05) is 36.2 Å². The molecule has 0 aliphatic carbocycles. The van der Waals surface area contributed by atoms with Gasteiger partial charge < -0.3 is 10.2 Å². The molecule has 5 heteroatoms. The lowest BCUT2D eigenvalue weighted by molar-refractivity contribution is -0.131. The van der Waals surface area contributed by atoms with Gasteiger partial charge in [0, 0.05) is 24.2 Å². The molecule has 1 aromatic carbocycles. The van der Waals surface area contributed by atoms with Gasteiger partial charge in [-0.25, -0.2) is 0 Å². The van der Waals surface area contributed by atoms with Crippen LogP contribution in [0.4, 0.5) is 0 Å². The molecule has 1 heterocycles. The zero-order valence-electron chi connectivity index (χ0n) is 11.1. The van der Waals surface area contributed by atoms with Crippen molar-refractivity contribution in [3.63, 3.8) is 0 Å². The molecule has 1 atom stereocenters. The molecule has 19 heavy (non-hydrogen) atoms. The van der Waals surface area contributed by atoms with Crippen LogP contribution in [-0.2, 0) is 11.2 Å². The summed E-state index contributed by atoms with van der Waals surface area (Å²) in [7, 11) is 1.93. The van der Waals surface area contributed by atoms with Gasteiger partial charge in [0.05, 0.1) is 6.42 Å². The Morgan fingerprint density at radius 3 is 3.00 bits per heavy atom. The lowest BCUT2D eigenvalue weighted by atomic mass is 10.1. The van der Waals surface area contributed by atoms with Crippen LogP contribution in [0.25, 0.3) is 0 Å². The third kappa shape index (κ3) is 4.37. The third-order valence-corrected chi connectivity index (χ3v) is 3.62. The van der Waals surface area contributed by atoms with Crippen LogP contribution in [0.2, 0.25) is 5.02 Å². The Labute approximate surface area is 125 Å². The molecule has 1 amide bonds.